The molecule has 2 aromatic heterocycles. The number of ether oxygens (including phenoxy) is 2. The van der Waals surface area contributed by atoms with Gasteiger partial charge in [0.25, 0.3) is 5.56 Å². The molecule has 0 bridgehead atoms. The molecular weight excluding hydrogens is 398 g/mol. The molecule has 2 heterocycles. The largest absolute Gasteiger partial charge is 0.490 e. The highest BCUT2D eigenvalue weighted by Gasteiger charge is 2.12. The minimum absolute atomic E-state index is 0.188. The average molecular weight is 417 g/mol. The maximum atomic E-state index is 12.7. The number of nitrogens with zero attached hydrogens (tertiary/aromatic N) is 3. The van der Waals surface area contributed by atoms with Gasteiger partial charge in [0.1, 0.15) is 24.7 Å². The molecule has 0 spiro atoms. The van der Waals surface area contributed by atoms with Crippen molar-refractivity contribution in [2.24, 2.45) is 0 Å². The van der Waals surface area contributed by atoms with Gasteiger partial charge < -0.3 is 9.47 Å². The first kappa shape index (κ1) is 19.6. The molecule has 6 nitrogen and oxygen atoms in total. The van der Waals surface area contributed by atoms with E-state index in [1.807, 2.05) is 54.6 Å². The standard InChI is InChI=1S/C23H19N3O3S/c1-3-13-28-18-9-5-16(6-10-18)15-20-22(27)26-23(30-20)24-21(25-26)17-7-11-19(12-8-17)29-14-4-2/h3-12,15H,1-2,13-14H2. The Morgan fingerprint density at radius 2 is 1.53 bits per heavy atom. The van der Waals surface area contributed by atoms with E-state index < -0.39 is 0 Å². The van der Waals surface area contributed by atoms with Crippen LogP contribution in [0.25, 0.3) is 22.4 Å². The molecule has 4 aromatic rings. The summed E-state index contributed by atoms with van der Waals surface area (Å²) in [4.78, 5) is 17.8. The van der Waals surface area contributed by atoms with Crippen molar-refractivity contribution in [3.05, 3.63) is 94.3 Å². The Kier molecular flexibility index (Phi) is 5.72. The van der Waals surface area contributed by atoms with Gasteiger partial charge in [-0.25, -0.2) is 0 Å². The van der Waals surface area contributed by atoms with Crippen LogP contribution in [0.1, 0.15) is 5.56 Å². The molecule has 0 aliphatic rings. The third-order valence-electron chi connectivity index (χ3n) is 4.21. The van der Waals surface area contributed by atoms with E-state index in [-0.39, 0.29) is 5.56 Å². The molecule has 0 saturated heterocycles. The fourth-order valence-electron chi connectivity index (χ4n) is 2.78. The Hall–Kier alpha value is -3.71. The molecule has 0 N–H and O–H groups in total. The van der Waals surface area contributed by atoms with Crippen molar-refractivity contribution < 1.29 is 9.47 Å². The van der Waals surface area contributed by atoms with Gasteiger partial charge in [-0.05, 0) is 48.0 Å². The Bertz CT molecular complexity index is 1290. The van der Waals surface area contributed by atoms with E-state index in [0.29, 0.717) is 28.5 Å². The van der Waals surface area contributed by atoms with Crippen molar-refractivity contribution in [3.8, 4) is 22.9 Å². The zero-order valence-electron chi connectivity index (χ0n) is 16.2. The zero-order valence-corrected chi connectivity index (χ0v) is 17.0. The minimum atomic E-state index is -0.188. The van der Waals surface area contributed by atoms with Gasteiger partial charge in [-0.15, -0.1) is 5.10 Å². The molecule has 0 fully saturated rings. The van der Waals surface area contributed by atoms with E-state index in [0.717, 1.165) is 22.6 Å². The van der Waals surface area contributed by atoms with E-state index in [1.165, 1.54) is 15.9 Å². The third-order valence-corrected chi connectivity index (χ3v) is 5.17. The summed E-state index contributed by atoms with van der Waals surface area (Å²) >= 11 is 1.31. The molecule has 0 unspecified atom stereocenters. The van der Waals surface area contributed by atoms with Gasteiger partial charge in [-0.1, -0.05) is 48.8 Å². The van der Waals surface area contributed by atoms with Crippen LogP contribution in [0, 0.1) is 0 Å². The minimum Gasteiger partial charge on any atom is -0.490 e. The van der Waals surface area contributed by atoms with Crippen LogP contribution in [0.15, 0.2) is 78.6 Å². The summed E-state index contributed by atoms with van der Waals surface area (Å²) in [6, 6.07) is 14.9. The highest BCUT2D eigenvalue weighted by molar-refractivity contribution is 7.15. The molecule has 30 heavy (non-hydrogen) atoms. The highest BCUT2D eigenvalue weighted by Crippen LogP contribution is 2.20. The first-order valence-electron chi connectivity index (χ1n) is 9.27. The van der Waals surface area contributed by atoms with Crippen molar-refractivity contribution in [2.45, 2.75) is 0 Å². The lowest BCUT2D eigenvalue weighted by Gasteiger charge is -2.02. The summed E-state index contributed by atoms with van der Waals surface area (Å²) in [5, 5.41) is 4.38. The Morgan fingerprint density at radius 1 is 0.933 bits per heavy atom. The summed E-state index contributed by atoms with van der Waals surface area (Å²) in [5.41, 5.74) is 1.53. The molecule has 0 radical (unpaired) electrons. The number of aromatic nitrogens is 3. The molecule has 4 rings (SSSR count). The van der Waals surface area contributed by atoms with E-state index in [4.69, 9.17) is 9.47 Å². The summed E-state index contributed by atoms with van der Waals surface area (Å²) in [6.07, 6.45) is 5.21. The fourth-order valence-corrected chi connectivity index (χ4v) is 3.69. The molecule has 0 amide bonds. The molecule has 0 saturated carbocycles. The second-order valence-corrected chi connectivity index (χ2v) is 7.35. The van der Waals surface area contributed by atoms with Crippen LogP contribution in [0.5, 0.6) is 11.5 Å². The average Bonchev–Trinajstić information content (AvgIpc) is 3.31. The number of rotatable bonds is 8. The van der Waals surface area contributed by atoms with Gasteiger partial charge in [0.05, 0.1) is 4.53 Å². The zero-order chi connectivity index (χ0) is 20.9. The lowest BCUT2D eigenvalue weighted by atomic mass is 10.2. The predicted molar refractivity (Wildman–Crippen MR) is 119 cm³/mol. The lowest BCUT2D eigenvalue weighted by Crippen LogP contribution is -2.23. The summed E-state index contributed by atoms with van der Waals surface area (Å²) < 4.78 is 12.9. The number of hydrogen-bond donors (Lipinski definition) is 0. The van der Waals surface area contributed by atoms with Crippen molar-refractivity contribution >= 4 is 22.4 Å². The monoisotopic (exact) mass is 417 g/mol. The van der Waals surface area contributed by atoms with E-state index in [2.05, 4.69) is 23.2 Å². The van der Waals surface area contributed by atoms with Gasteiger partial charge in [0.2, 0.25) is 4.96 Å². The molecule has 150 valence electrons. The number of fused-ring (bicyclic) bond motifs is 1. The number of thiazole rings is 1. The van der Waals surface area contributed by atoms with Gasteiger partial charge in [-0.3, -0.25) is 4.79 Å². The summed E-state index contributed by atoms with van der Waals surface area (Å²) in [6.45, 7) is 8.15. The Balaban J connectivity index is 1.59. The number of benzene rings is 2. The molecule has 7 heteroatoms. The van der Waals surface area contributed by atoms with E-state index >= 15 is 0 Å². The maximum Gasteiger partial charge on any atom is 0.291 e. The van der Waals surface area contributed by atoms with Crippen molar-refractivity contribution in [3.63, 3.8) is 0 Å². The molecule has 2 aromatic carbocycles. The van der Waals surface area contributed by atoms with Crippen LogP contribution in [-0.4, -0.2) is 27.8 Å². The molecule has 0 aliphatic carbocycles. The highest BCUT2D eigenvalue weighted by atomic mass is 32.1. The molecule has 0 atom stereocenters. The lowest BCUT2D eigenvalue weighted by molar-refractivity contribution is 0.363. The van der Waals surface area contributed by atoms with Gasteiger partial charge >= 0.3 is 0 Å². The van der Waals surface area contributed by atoms with Crippen LogP contribution < -0.4 is 19.6 Å². The summed E-state index contributed by atoms with van der Waals surface area (Å²) in [7, 11) is 0. The second kappa shape index (κ2) is 8.75. The fraction of sp³-hybridized carbons (Fsp3) is 0.0870. The third kappa shape index (κ3) is 4.16. The van der Waals surface area contributed by atoms with Gasteiger partial charge in [0, 0.05) is 5.56 Å². The first-order chi connectivity index (χ1) is 14.7. The van der Waals surface area contributed by atoms with Crippen LogP contribution in [-0.2, 0) is 0 Å². The van der Waals surface area contributed by atoms with Gasteiger partial charge in [-0.2, -0.15) is 9.50 Å². The maximum absolute atomic E-state index is 12.7. The van der Waals surface area contributed by atoms with Crippen molar-refractivity contribution in [2.75, 3.05) is 13.2 Å². The van der Waals surface area contributed by atoms with E-state index in [1.54, 1.807) is 12.2 Å². The second-order valence-electron chi connectivity index (χ2n) is 6.34. The van der Waals surface area contributed by atoms with Crippen molar-refractivity contribution in [1.29, 1.82) is 0 Å². The predicted octanol–water partition coefficient (Wildman–Crippen LogP) is 3.50. The summed E-state index contributed by atoms with van der Waals surface area (Å²) in [5.74, 6) is 1.99. The SMILES string of the molecule is C=CCOc1ccc(C=c2sc3nc(-c4ccc(OCC=C)cc4)nn3c2=O)cc1. The van der Waals surface area contributed by atoms with Crippen molar-refractivity contribution in [1.82, 2.24) is 14.6 Å². The van der Waals surface area contributed by atoms with Crippen LogP contribution >= 0.6 is 11.3 Å². The number of hydrogen-bond acceptors (Lipinski definition) is 6. The quantitative estimate of drug-likeness (QED) is 0.411. The van der Waals surface area contributed by atoms with Crippen LogP contribution in [0.3, 0.4) is 0 Å². The Morgan fingerprint density at radius 3 is 2.10 bits per heavy atom. The molecule has 0 aliphatic heterocycles. The van der Waals surface area contributed by atoms with E-state index in [9.17, 15) is 4.79 Å². The molecular formula is C23H19N3O3S. The topological polar surface area (TPSA) is 65.7 Å². The first-order valence-corrected chi connectivity index (χ1v) is 10.1. The van der Waals surface area contributed by atoms with Crippen LogP contribution in [0.4, 0.5) is 0 Å². The van der Waals surface area contributed by atoms with Crippen LogP contribution in [0.2, 0.25) is 0 Å². The smallest absolute Gasteiger partial charge is 0.291 e. The normalized spacial score (nSPS) is 11.5. The Labute approximate surface area is 177 Å². The van der Waals surface area contributed by atoms with Gasteiger partial charge in [0.15, 0.2) is 5.82 Å².